The molecule has 0 aliphatic carbocycles. The summed E-state index contributed by atoms with van der Waals surface area (Å²) in [4.78, 5) is 16.7. The topological polar surface area (TPSA) is 96.6 Å². The molecule has 2 heterocycles. The first-order chi connectivity index (χ1) is 15.0. The highest BCUT2D eigenvalue weighted by molar-refractivity contribution is 8.26. The van der Waals surface area contributed by atoms with E-state index >= 15 is 0 Å². The van der Waals surface area contributed by atoms with Crippen LogP contribution in [0.2, 0.25) is 0 Å². The molecule has 0 saturated heterocycles. The van der Waals surface area contributed by atoms with Crippen molar-refractivity contribution in [2.75, 3.05) is 21.3 Å². The van der Waals surface area contributed by atoms with Crippen molar-refractivity contribution in [2.24, 2.45) is 10.1 Å². The molecule has 0 fully saturated rings. The Morgan fingerprint density at radius 3 is 2.45 bits per heavy atom. The van der Waals surface area contributed by atoms with E-state index in [1.165, 1.54) is 16.8 Å². The van der Waals surface area contributed by atoms with Gasteiger partial charge in [0.15, 0.2) is 17.3 Å². The first-order valence-electron chi connectivity index (χ1n) is 9.36. The quantitative estimate of drug-likeness (QED) is 0.696. The smallest absolute Gasteiger partial charge is 0.283 e. The maximum atomic E-state index is 12.6. The third-order valence-corrected chi connectivity index (χ3v) is 5.63. The van der Waals surface area contributed by atoms with E-state index in [2.05, 4.69) is 10.1 Å². The number of carbonyl (C=O) groups excluding carboxylic acids is 1. The van der Waals surface area contributed by atoms with Crippen molar-refractivity contribution >= 4 is 39.8 Å². The molecule has 9 heteroatoms. The van der Waals surface area contributed by atoms with Crippen LogP contribution in [0.5, 0.6) is 17.2 Å². The molecule has 0 radical (unpaired) electrons. The van der Waals surface area contributed by atoms with Crippen LogP contribution in [-0.2, 0) is 11.2 Å². The third-order valence-electron chi connectivity index (χ3n) is 4.73. The van der Waals surface area contributed by atoms with Crippen molar-refractivity contribution in [2.45, 2.75) is 6.42 Å². The highest BCUT2D eigenvalue weighted by Crippen LogP contribution is 2.32. The number of ether oxygens (including phenoxy) is 3. The summed E-state index contributed by atoms with van der Waals surface area (Å²) in [6.45, 7) is 0. The van der Waals surface area contributed by atoms with E-state index in [1.807, 2.05) is 30.3 Å². The number of amides is 1. The van der Waals surface area contributed by atoms with Gasteiger partial charge in [-0.25, -0.2) is 0 Å². The molecule has 1 amide bonds. The molecule has 0 unspecified atom stereocenters. The van der Waals surface area contributed by atoms with E-state index in [-0.39, 0.29) is 11.4 Å². The third kappa shape index (κ3) is 4.17. The number of amidine groups is 2. The molecule has 0 spiro atoms. The lowest BCUT2D eigenvalue weighted by molar-refractivity contribution is -0.114. The number of fused-ring (bicyclic) bond motifs is 1. The fourth-order valence-corrected chi connectivity index (χ4v) is 4.05. The number of hydrogen-bond donors (Lipinski definition) is 1. The molecular formula is C22H20N4O4S. The molecule has 8 nitrogen and oxygen atoms in total. The molecule has 0 saturated carbocycles. The lowest BCUT2D eigenvalue weighted by Gasteiger charge is -2.20. The summed E-state index contributed by atoms with van der Waals surface area (Å²) in [6.07, 6.45) is 2.15. The minimum Gasteiger partial charge on any atom is -0.497 e. The highest BCUT2D eigenvalue weighted by atomic mass is 32.2. The standard InChI is InChI=1S/C22H20N4O4S/c1-28-15-7-4-13(5-8-15)10-16-20(23)26-22(24-21(16)27)31-19(25-26)12-14-6-9-17(29-2)18(11-14)30-3/h4-11,23H,12H2,1-3H3. The predicted molar refractivity (Wildman–Crippen MR) is 121 cm³/mol. The van der Waals surface area contributed by atoms with Crippen LogP contribution in [0.15, 0.2) is 58.1 Å². The molecule has 2 aliphatic heterocycles. The Morgan fingerprint density at radius 1 is 1.03 bits per heavy atom. The Hall–Kier alpha value is -3.59. The van der Waals surface area contributed by atoms with Crippen LogP contribution in [-0.4, -0.2) is 48.3 Å². The van der Waals surface area contributed by atoms with Crippen LogP contribution >= 0.6 is 11.8 Å². The maximum Gasteiger partial charge on any atom is 0.283 e. The number of carbonyl (C=O) groups is 1. The summed E-state index contributed by atoms with van der Waals surface area (Å²) in [5.74, 6) is 1.54. The molecule has 0 bridgehead atoms. The number of hydrogen-bond acceptors (Lipinski definition) is 7. The largest absolute Gasteiger partial charge is 0.497 e. The second-order valence-electron chi connectivity index (χ2n) is 6.65. The van der Waals surface area contributed by atoms with Crippen LogP contribution in [0, 0.1) is 5.41 Å². The van der Waals surface area contributed by atoms with Gasteiger partial charge in [-0.2, -0.15) is 15.1 Å². The van der Waals surface area contributed by atoms with E-state index in [0.29, 0.717) is 28.8 Å². The zero-order valence-corrected chi connectivity index (χ0v) is 18.0. The molecule has 2 aromatic rings. The van der Waals surface area contributed by atoms with Gasteiger partial charge in [-0.15, -0.1) is 0 Å². The first-order valence-corrected chi connectivity index (χ1v) is 10.2. The Balaban J connectivity index is 1.56. The SMILES string of the molecule is COc1ccc(C=C2C(=N)N3N=C(Cc4ccc(OC)c(OC)c4)SC3=NC2=O)cc1. The number of methoxy groups -OCH3 is 3. The highest BCUT2D eigenvalue weighted by Gasteiger charge is 2.35. The molecule has 2 aromatic carbocycles. The van der Waals surface area contributed by atoms with Crippen LogP contribution in [0.25, 0.3) is 6.08 Å². The number of nitrogens with zero attached hydrogens (tertiary/aromatic N) is 3. The van der Waals surface area contributed by atoms with Gasteiger partial charge >= 0.3 is 0 Å². The van der Waals surface area contributed by atoms with E-state index in [9.17, 15) is 4.79 Å². The predicted octanol–water partition coefficient (Wildman–Crippen LogP) is 3.57. The monoisotopic (exact) mass is 436 g/mol. The Labute approximate surface area is 183 Å². The number of aliphatic imine (C=N–C) groups is 1. The number of rotatable bonds is 6. The van der Waals surface area contributed by atoms with Gasteiger partial charge in [0.1, 0.15) is 10.8 Å². The van der Waals surface area contributed by atoms with Gasteiger partial charge in [-0.05, 0) is 53.2 Å². The second-order valence-corrected chi connectivity index (χ2v) is 7.69. The minimum absolute atomic E-state index is 0.000583. The van der Waals surface area contributed by atoms with Crippen molar-refractivity contribution in [1.82, 2.24) is 5.01 Å². The van der Waals surface area contributed by atoms with Gasteiger partial charge in [0.05, 0.1) is 26.9 Å². The summed E-state index contributed by atoms with van der Waals surface area (Å²) < 4.78 is 15.8. The maximum absolute atomic E-state index is 12.6. The molecule has 4 rings (SSSR count). The Kier molecular flexibility index (Phi) is 5.77. The first kappa shape index (κ1) is 20.7. The Morgan fingerprint density at radius 2 is 1.77 bits per heavy atom. The van der Waals surface area contributed by atoms with Gasteiger partial charge in [-0.1, -0.05) is 18.2 Å². The van der Waals surface area contributed by atoms with Crippen LogP contribution in [0.4, 0.5) is 0 Å². The fourth-order valence-electron chi connectivity index (χ4n) is 3.14. The van der Waals surface area contributed by atoms with Gasteiger partial charge in [0, 0.05) is 6.42 Å². The van der Waals surface area contributed by atoms with Gasteiger partial charge in [-0.3, -0.25) is 10.2 Å². The van der Waals surface area contributed by atoms with Gasteiger partial charge < -0.3 is 14.2 Å². The second kappa shape index (κ2) is 8.65. The summed E-state index contributed by atoms with van der Waals surface area (Å²) >= 11 is 1.28. The number of hydrazone groups is 1. The van der Waals surface area contributed by atoms with E-state index in [4.69, 9.17) is 19.6 Å². The number of nitrogens with one attached hydrogen (secondary N) is 1. The molecule has 158 valence electrons. The molecular weight excluding hydrogens is 416 g/mol. The summed E-state index contributed by atoms with van der Waals surface area (Å²) in [7, 11) is 4.76. The molecule has 31 heavy (non-hydrogen) atoms. The lowest BCUT2D eigenvalue weighted by atomic mass is 10.1. The summed E-state index contributed by atoms with van der Waals surface area (Å²) in [5.41, 5.74) is 1.93. The van der Waals surface area contributed by atoms with Crippen molar-refractivity contribution in [3.8, 4) is 17.2 Å². The molecule has 0 atom stereocenters. The van der Waals surface area contributed by atoms with Crippen molar-refractivity contribution in [3.05, 3.63) is 59.2 Å². The minimum atomic E-state index is -0.456. The van der Waals surface area contributed by atoms with Gasteiger partial charge in [0.2, 0.25) is 5.17 Å². The molecule has 0 aromatic heterocycles. The number of benzene rings is 2. The van der Waals surface area contributed by atoms with Crippen molar-refractivity contribution in [1.29, 1.82) is 5.41 Å². The van der Waals surface area contributed by atoms with Crippen LogP contribution in [0.1, 0.15) is 11.1 Å². The van der Waals surface area contributed by atoms with E-state index in [1.54, 1.807) is 39.5 Å². The van der Waals surface area contributed by atoms with E-state index < -0.39 is 5.91 Å². The summed E-state index contributed by atoms with van der Waals surface area (Å²) in [6, 6.07) is 12.9. The Bertz CT molecular complexity index is 1140. The fraction of sp³-hybridized carbons (Fsp3) is 0.182. The molecule has 2 aliphatic rings. The van der Waals surface area contributed by atoms with E-state index in [0.717, 1.165) is 16.2 Å². The zero-order chi connectivity index (χ0) is 22.0. The number of thioether (sulfide) groups is 1. The van der Waals surface area contributed by atoms with Gasteiger partial charge in [0.25, 0.3) is 5.91 Å². The zero-order valence-electron chi connectivity index (χ0n) is 17.2. The lowest BCUT2D eigenvalue weighted by Crippen LogP contribution is -2.35. The average Bonchev–Trinajstić information content (AvgIpc) is 3.19. The van der Waals surface area contributed by atoms with Crippen molar-refractivity contribution in [3.63, 3.8) is 0 Å². The van der Waals surface area contributed by atoms with Crippen LogP contribution in [0.3, 0.4) is 0 Å². The normalized spacial score (nSPS) is 16.7. The summed E-state index contributed by atoms with van der Waals surface area (Å²) in [5, 5.41) is 15.5. The van der Waals surface area contributed by atoms with Crippen LogP contribution < -0.4 is 14.2 Å². The average molecular weight is 436 g/mol. The van der Waals surface area contributed by atoms with Crippen molar-refractivity contribution < 1.29 is 19.0 Å². The molecule has 1 N–H and O–H groups in total.